The van der Waals surface area contributed by atoms with E-state index in [1.54, 1.807) is 48.8 Å². The molecular weight excluding hydrogens is 352 g/mol. The molecule has 0 saturated carbocycles. The van der Waals surface area contributed by atoms with Crippen LogP contribution >= 0.6 is 0 Å². The molecule has 0 radical (unpaired) electrons. The lowest BCUT2D eigenvalue weighted by atomic mass is 9.79. The second-order valence-corrected chi connectivity index (χ2v) is 8.57. The second kappa shape index (κ2) is 6.94. The molecule has 26 heavy (non-hydrogen) atoms. The first-order chi connectivity index (χ1) is 12.6. The summed E-state index contributed by atoms with van der Waals surface area (Å²) in [6.45, 7) is 2.65. The number of hydrogen-bond acceptors (Lipinski definition) is 6. The van der Waals surface area contributed by atoms with Crippen LogP contribution in [0.1, 0.15) is 12.8 Å². The van der Waals surface area contributed by atoms with E-state index in [4.69, 9.17) is 4.74 Å². The van der Waals surface area contributed by atoms with E-state index in [0.29, 0.717) is 17.4 Å². The number of benzene rings is 1. The Balaban J connectivity index is 1.33. The van der Waals surface area contributed by atoms with Crippen LogP contribution < -0.4 is 9.62 Å². The molecular formula is C18H22N4O3S. The van der Waals surface area contributed by atoms with E-state index in [1.165, 1.54) is 0 Å². The molecule has 1 spiro atoms. The summed E-state index contributed by atoms with van der Waals surface area (Å²) in [4.78, 5) is 11.0. The minimum absolute atomic E-state index is 0.197. The van der Waals surface area contributed by atoms with Crippen molar-refractivity contribution in [3.8, 4) is 0 Å². The number of nitrogens with zero attached hydrogens (tertiary/aromatic N) is 3. The molecule has 1 aromatic carbocycles. The maximum Gasteiger partial charge on any atom is 0.240 e. The molecule has 2 saturated heterocycles. The smallest absolute Gasteiger partial charge is 0.240 e. The van der Waals surface area contributed by atoms with Crippen LogP contribution in [0, 0.1) is 5.92 Å². The number of anilines is 1. The molecule has 2 aliphatic rings. The van der Waals surface area contributed by atoms with Gasteiger partial charge in [0.1, 0.15) is 5.60 Å². The van der Waals surface area contributed by atoms with E-state index < -0.39 is 10.0 Å². The molecule has 1 atom stereocenters. The minimum Gasteiger partial charge on any atom is -0.371 e. The van der Waals surface area contributed by atoms with Crippen LogP contribution in [-0.4, -0.2) is 50.2 Å². The van der Waals surface area contributed by atoms with E-state index in [2.05, 4.69) is 19.6 Å². The van der Waals surface area contributed by atoms with Gasteiger partial charge < -0.3 is 9.64 Å². The number of rotatable bonds is 6. The molecule has 138 valence electrons. The maximum atomic E-state index is 12.3. The van der Waals surface area contributed by atoms with Crippen LogP contribution in [-0.2, 0) is 14.8 Å². The number of ether oxygens (including phenoxy) is 1. The van der Waals surface area contributed by atoms with Crippen LogP contribution in [0.25, 0.3) is 0 Å². The largest absolute Gasteiger partial charge is 0.371 e. The molecule has 2 aliphatic heterocycles. The van der Waals surface area contributed by atoms with Crippen molar-refractivity contribution in [2.75, 3.05) is 31.1 Å². The lowest BCUT2D eigenvalue weighted by Gasteiger charge is -2.50. The van der Waals surface area contributed by atoms with Gasteiger partial charge in [0.25, 0.3) is 0 Å². The van der Waals surface area contributed by atoms with Crippen LogP contribution in [0.3, 0.4) is 0 Å². The zero-order valence-corrected chi connectivity index (χ0v) is 15.2. The van der Waals surface area contributed by atoms with E-state index >= 15 is 0 Å². The molecule has 2 aromatic rings. The Bertz CT molecular complexity index is 839. The standard InChI is InChI=1S/C18H22N4O3S/c23-26(24,16-5-2-1-3-6-16)21-11-7-15-8-12-25-18(15)13-22(14-18)17-19-9-4-10-20-17/h1-6,9-10,15,21H,7-8,11-14H2/t15-/m0/s1. The predicted octanol–water partition coefficient (Wildman–Crippen LogP) is 1.44. The Morgan fingerprint density at radius 1 is 1.15 bits per heavy atom. The van der Waals surface area contributed by atoms with Gasteiger partial charge in [-0.1, -0.05) is 18.2 Å². The zero-order chi connectivity index (χ0) is 18.0. The third-order valence-electron chi connectivity index (χ3n) is 5.19. The molecule has 0 bridgehead atoms. The van der Waals surface area contributed by atoms with Crippen molar-refractivity contribution in [2.24, 2.45) is 5.92 Å². The Morgan fingerprint density at radius 3 is 2.62 bits per heavy atom. The van der Waals surface area contributed by atoms with Gasteiger partial charge in [0.05, 0.1) is 18.0 Å². The van der Waals surface area contributed by atoms with Gasteiger partial charge in [0.2, 0.25) is 16.0 Å². The van der Waals surface area contributed by atoms with Gasteiger partial charge in [-0.15, -0.1) is 0 Å². The van der Waals surface area contributed by atoms with Crippen molar-refractivity contribution in [3.05, 3.63) is 48.8 Å². The quantitative estimate of drug-likeness (QED) is 0.824. The molecule has 0 aliphatic carbocycles. The average molecular weight is 374 g/mol. The van der Waals surface area contributed by atoms with Crippen molar-refractivity contribution in [1.29, 1.82) is 0 Å². The zero-order valence-electron chi connectivity index (χ0n) is 14.4. The molecule has 3 heterocycles. The Morgan fingerprint density at radius 2 is 1.88 bits per heavy atom. The summed E-state index contributed by atoms with van der Waals surface area (Å²) in [5, 5.41) is 0. The first-order valence-corrected chi connectivity index (χ1v) is 10.3. The normalized spacial score (nSPS) is 21.7. The lowest BCUT2D eigenvalue weighted by molar-refractivity contribution is -0.0457. The number of hydrogen-bond donors (Lipinski definition) is 1. The van der Waals surface area contributed by atoms with Gasteiger partial charge in [0.15, 0.2) is 0 Å². The highest BCUT2D eigenvalue weighted by Gasteiger charge is 2.53. The fourth-order valence-corrected chi connectivity index (χ4v) is 4.86. The van der Waals surface area contributed by atoms with Crippen molar-refractivity contribution in [1.82, 2.24) is 14.7 Å². The molecule has 7 nitrogen and oxygen atoms in total. The third kappa shape index (κ3) is 3.32. The summed E-state index contributed by atoms with van der Waals surface area (Å²) in [5.41, 5.74) is -0.197. The lowest BCUT2D eigenvalue weighted by Crippen LogP contribution is -2.65. The van der Waals surface area contributed by atoms with E-state index in [-0.39, 0.29) is 5.60 Å². The SMILES string of the molecule is O=S(=O)(NCC[C@H]1CCOC12CN(c1ncccn1)C2)c1ccccc1. The molecule has 2 fully saturated rings. The molecule has 0 unspecified atom stereocenters. The molecule has 8 heteroatoms. The monoisotopic (exact) mass is 374 g/mol. The van der Waals surface area contributed by atoms with Crippen LogP contribution in [0.5, 0.6) is 0 Å². The summed E-state index contributed by atoms with van der Waals surface area (Å²) < 4.78 is 33.4. The molecule has 1 aromatic heterocycles. The molecule has 4 rings (SSSR count). The van der Waals surface area contributed by atoms with Gasteiger partial charge in [0, 0.05) is 25.5 Å². The van der Waals surface area contributed by atoms with Crippen LogP contribution in [0.15, 0.2) is 53.7 Å². The van der Waals surface area contributed by atoms with Gasteiger partial charge in [-0.2, -0.15) is 0 Å². The highest BCUT2D eigenvalue weighted by atomic mass is 32.2. The van der Waals surface area contributed by atoms with Gasteiger partial charge >= 0.3 is 0 Å². The van der Waals surface area contributed by atoms with Crippen molar-refractivity contribution in [3.63, 3.8) is 0 Å². The number of nitrogens with one attached hydrogen (secondary N) is 1. The van der Waals surface area contributed by atoms with Crippen LogP contribution in [0.4, 0.5) is 5.95 Å². The van der Waals surface area contributed by atoms with Crippen molar-refractivity contribution < 1.29 is 13.2 Å². The van der Waals surface area contributed by atoms with Crippen LogP contribution in [0.2, 0.25) is 0 Å². The predicted molar refractivity (Wildman–Crippen MR) is 97.3 cm³/mol. The fourth-order valence-electron chi connectivity index (χ4n) is 3.79. The molecule has 0 amide bonds. The number of sulfonamides is 1. The topological polar surface area (TPSA) is 84.4 Å². The summed E-state index contributed by atoms with van der Waals surface area (Å²) in [7, 11) is -3.45. The Labute approximate surface area is 153 Å². The van der Waals surface area contributed by atoms with E-state index in [1.807, 2.05) is 0 Å². The Hall–Kier alpha value is -2.03. The highest BCUT2D eigenvalue weighted by Crippen LogP contribution is 2.42. The molecule has 1 N–H and O–H groups in total. The third-order valence-corrected chi connectivity index (χ3v) is 6.67. The summed E-state index contributed by atoms with van der Waals surface area (Å²) in [6.07, 6.45) is 5.18. The first kappa shape index (κ1) is 17.4. The van der Waals surface area contributed by atoms with Gasteiger partial charge in [-0.05, 0) is 37.0 Å². The average Bonchev–Trinajstić information content (AvgIpc) is 3.06. The Kier molecular flexibility index (Phi) is 4.64. The van der Waals surface area contributed by atoms with E-state index in [0.717, 1.165) is 38.5 Å². The summed E-state index contributed by atoms with van der Waals surface area (Å²) in [6, 6.07) is 10.3. The van der Waals surface area contributed by atoms with Gasteiger partial charge in [-0.25, -0.2) is 23.1 Å². The fraction of sp³-hybridized carbons (Fsp3) is 0.444. The van der Waals surface area contributed by atoms with Crippen molar-refractivity contribution >= 4 is 16.0 Å². The maximum absolute atomic E-state index is 12.3. The van der Waals surface area contributed by atoms with Crippen molar-refractivity contribution in [2.45, 2.75) is 23.3 Å². The summed E-state index contributed by atoms with van der Waals surface area (Å²) in [5.74, 6) is 1.05. The first-order valence-electron chi connectivity index (χ1n) is 8.80. The highest BCUT2D eigenvalue weighted by molar-refractivity contribution is 7.89. The minimum atomic E-state index is -3.45. The second-order valence-electron chi connectivity index (χ2n) is 6.80. The summed E-state index contributed by atoms with van der Waals surface area (Å²) >= 11 is 0. The van der Waals surface area contributed by atoms with Gasteiger partial charge in [-0.3, -0.25) is 0 Å². The van der Waals surface area contributed by atoms with E-state index in [9.17, 15) is 8.42 Å². The number of aromatic nitrogens is 2.